The van der Waals surface area contributed by atoms with E-state index in [1.165, 1.54) is 25.3 Å². The molecule has 1 atom stereocenters. The first-order chi connectivity index (χ1) is 7.32. The topological polar surface area (TPSA) is 29.3 Å². The molecule has 0 aromatic rings. The van der Waals surface area contributed by atoms with Crippen LogP contribution in [0.2, 0.25) is 0 Å². The van der Waals surface area contributed by atoms with Crippen LogP contribution in [0.4, 0.5) is 0 Å². The Labute approximate surface area is 105 Å². The fraction of sp³-hybridized carbons (Fsp3) is 1.00. The van der Waals surface area contributed by atoms with E-state index in [-0.39, 0.29) is 5.54 Å². The van der Waals surface area contributed by atoms with Crippen LogP contribution in [0.15, 0.2) is 0 Å². The van der Waals surface area contributed by atoms with Gasteiger partial charge >= 0.3 is 0 Å². The van der Waals surface area contributed by atoms with Crippen molar-refractivity contribution < 1.29 is 0 Å². The van der Waals surface area contributed by atoms with E-state index in [9.17, 15) is 0 Å². The molecule has 1 heterocycles. The van der Waals surface area contributed by atoms with Crippen molar-refractivity contribution in [3.8, 4) is 0 Å². The maximum absolute atomic E-state index is 6.01. The average Bonchev–Trinajstić information content (AvgIpc) is 2.38. The third kappa shape index (κ3) is 3.14. The summed E-state index contributed by atoms with van der Waals surface area (Å²) in [5, 5.41) is 0. The molecule has 0 aromatic carbocycles. The smallest absolute Gasteiger partial charge is 0.0326 e. The minimum atomic E-state index is 0.168. The van der Waals surface area contributed by atoms with E-state index in [0.29, 0.717) is 10.7 Å². The van der Waals surface area contributed by atoms with Crippen LogP contribution in [0.3, 0.4) is 0 Å². The first-order valence-corrected chi connectivity index (χ1v) is 7.39. The molecule has 0 spiro atoms. The Morgan fingerprint density at radius 2 is 2.00 bits per heavy atom. The van der Waals surface area contributed by atoms with Crippen LogP contribution >= 0.6 is 11.8 Å². The lowest BCUT2D eigenvalue weighted by Crippen LogP contribution is -2.56. The van der Waals surface area contributed by atoms with Gasteiger partial charge in [-0.05, 0) is 19.3 Å². The molecule has 16 heavy (non-hydrogen) atoms. The summed E-state index contributed by atoms with van der Waals surface area (Å²) in [6.45, 7) is 14.7. The van der Waals surface area contributed by atoms with E-state index in [0.717, 1.165) is 6.54 Å². The number of nitrogens with two attached hydrogens (primary N) is 1. The molecule has 1 aliphatic heterocycles. The number of nitrogens with zero attached hydrogens (tertiary/aromatic N) is 1. The van der Waals surface area contributed by atoms with Gasteiger partial charge in [-0.3, -0.25) is 4.90 Å². The molecule has 1 aliphatic rings. The predicted octanol–water partition coefficient (Wildman–Crippen LogP) is 2.58. The normalized spacial score (nSPS) is 26.4. The second-order valence-corrected chi connectivity index (χ2v) is 7.86. The van der Waals surface area contributed by atoms with Crippen molar-refractivity contribution in [2.45, 2.75) is 51.3 Å². The van der Waals surface area contributed by atoms with Gasteiger partial charge in [-0.2, -0.15) is 11.8 Å². The van der Waals surface area contributed by atoms with E-state index in [2.05, 4.69) is 51.3 Å². The van der Waals surface area contributed by atoms with Gasteiger partial charge in [0.1, 0.15) is 0 Å². The third-order valence-electron chi connectivity index (χ3n) is 4.22. The van der Waals surface area contributed by atoms with Crippen LogP contribution in [0.5, 0.6) is 0 Å². The van der Waals surface area contributed by atoms with Gasteiger partial charge in [0, 0.05) is 35.7 Å². The average molecular weight is 244 g/mol. The fourth-order valence-electron chi connectivity index (χ4n) is 2.26. The molecule has 0 aliphatic carbocycles. The molecule has 2 N–H and O–H groups in total. The summed E-state index contributed by atoms with van der Waals surface area (Å²) in [5.41, 5.74) is 6.18. The number of thioether (sulfide) groups is 1. The molecular formula is C13H28N2S. The summed E-state index contributed by atoms with van der Waals surface area (Å²) in [7, 11) is 0. The van der Waals surface area contributed by atoms with Crippen LogP contribution in [-0.4, -0.2) is 40.6 Å². The van der Waals surface area contributed by atoms with Gasteiger partial charge in [0.15, 0.2) is 0 Å². The van der Waals surface area contributed by atoms with E-state index in [1.807, 2.05) is 0 Å². The predicted molar refractivity (Wildman–Crippen MR) is 75.0 cm³/mol. The number of rotatable bonds is 3. The first kappa shape index (κ1) is 14.3. The third-order valence-corrected chi connectivity index (χ3v) is 5.59. The van der Waals surface area contributed by atoms with E-state index < -0.39 is 0 Å². The van der Waals surface area contributed by atoms with Crippen molar-refractivity contribution in [3.63, 3.8) is 0 Å². The molecule has 1 fully saturated rings. The summed E-state index contributed by atoms with van der Waals surface area (Å²) in [4.78, 5) is 2.61. The van der Waals surface area contributed by atoms with Gasteiger partial charge in [-0.1, -0.05) is 27.7 Å². The van der Waals surface area contributed by atoms with Crippen LogP contribution in [0.1, 0.15) is 41.0 Å². The molecule has 1 unspecified atom stereocenters. The lowest BCUT2D eigenvalue weighted by atomic mass is 9.86. The lowest BCUT2D eigenvalue weighted by molar-refractivity contribution is 0.0725. The Bertz CT molecular complexity index is 228. The number of hydrogen-bond donors (Lipinski definition) is 1. The van der Waals surface area contributed by atoms with Crippen molar-refractivity contribution in [1.82, 2.24) is 4.90 Å². The van der Waals surface area contributed by atoms with E-state index in [4.69, 9.17) is 5.73 Å². The van der Waals surface area contributed by atoms with Crippen LogP contribution < -0.4 is 5.73 Å². The van der Waals surface area contributed by atoms with Gasteiger partial charge in [0.2, 0.25) is 0 Å². The molecule has 96 valence electrons. The Morgan fingerprint density at radius 3 is 2.50 bits per heavy atom. The standard InChI is InChI=1S/C13H28N2S/c1-11(2)13(5,10-14)15-7-6-12(3,4)16-9-8-15/h11H,6-10,14H2,1-5H3. The quantitative estimate of drug-likeness (QED) is 0.827. The minimum Gasteiger partial charge on any atom is -0.329 e. The molecule has 0 aromatic heterocycles. The summed E-state index contributed by atoms with van der Waals surface area (Å²) in [6.07, 6.45) is 1.26. The Kier molecular flexibility index (Phi) is 4.73. The van der Waals surface area contributed by atoms with Crippen molar-refractivity contribution >= 4 is 11.8 Å². The largest absolute Gasteiger partial charge is 0.329 e. The van der Waals surface area contributed by atoms with Crippen molar-refractivity contribution in [2.24, 2.45) is 11.7 Å². The summed E-state index contributed by atoms with van der Waals surface area (Å²) in [6, 6.07) is 0. The van der Waals surface area contributed by atoms with Crippen molar-refractivity contribution in [2.75, 3.05) is 25.4 Å². The monoisotopic (exact) mass is 244 g/mol. The molecular weight excluding hydrogens is 216 g/mol. The van der Waals surface area contributed by atoms with Gasteiger partial charge in [0.25, 0.3) is 0 Å². The maximum Gasteiger partial charge on any atom is 0.0326 e. The number of hydrogen-bond acceptors (Lipinski definition) is 3. The zero-order chi connectivity index (χ0) is 12.4. The summed E-state index contributed by atoms with van der Waals surface area (Å²) >= 11 is 2.10. The van der Waals surface area contributed by atoms with Crippen LogP contribution in [0.25, 0.3) is 0 Å². The fourth-order valence-corrected chi connectivity index (χ4v) is 3.36. The van der Waals surface area contributed by atoms with Crippen molar-refractivity contribution in [3.05, 3.63) is 0 Å². The maximum atomic E-state index is 6.01. The molecule has 2 nitrogen and oxygen atoms in total. The lowest BCUT2D eigenvalue weighted by Gasteiger charge is -2.43. The Hall–Kier alpha value is 0.270. The van der Waals surface area contributed by atoms with Gasteiger partial charge < -0.3 is 5.73 Å². The van der Waals surface area contributed by atoms with Crippen LogP contribution in [-0.2, 0) is 0 Å². The highest BCUT2D eigenvalue weighted by Gasteiger charge is 2.36. The first-order valence-electron chi connectivity index (χ1n) is 6.41. The molecule has 0 saturated carbocycles. The zero-order valence-electron chi connectivity index (χ0n) is 11.5. The molecule has 0 radical (unpaired) electrons. The zero-order valence-corrected chi connectivity index (χ0v) is 12.4. The highest BCUT2D eigenvalue weighted by atomic mass is 32.2. The molecule has 1 saturated heterocycles. The van der Waals surface area contributed by atoms with Crippen molar-refractivity contribution in [1.29, 1.82) is 0 Å². The minimum absolute atomic E-state index is 0.168. The van der Waals surface area contributed by atoms with Gasteiger partial charge in [-0.25, -0.2) is 0 Å². The summed E-state index contributed by atoms with van der Waals surface area (Å²) < 4.78 is 0.432. The van der Waals surface area contributed by atoms with Crippen LogP contribution in [0, 0.1) is 5.92 Å². The molecule has 0 bridgehead atoms. The SMILES string of the molecule is CC(C)C(C)(CN)N1CCSC(C)(C)CC1. The second-order valence-electron chi connectivity index (χ2n) is 6.06. The summed E-state index contributed by atoms with van der Waals surface area (Å²) in [5.74, 6) is 1.85. The second kappa shape index (κ2) is 5.28. The Balaban J connectivity index is 2.73. The highest BCUT2D eigenvalue weighted by molar-refractivity contribution is 8.00. The molecule has 3 heteroatoms. The molecule has 0 amide bonds. The van der Waals surface area contributed by atoms with Gasteiger partial charge in [-0.15, -0.1) is 0 Å². The van der Waals surface area contributed by atoms with E-state index in [1.54, 1.807) is 0 Å². The molecule has 1 rings (SSSR count). The van der Waals surface area contributed by atoms with E-state index >= 15 is 0 Å². The Morgan fingerprint density at radius 1 is 1.38 bits per heavy atom. The van der Waals surface area contributed by atoms with Gasteiger partial charge in [0.05, 0.1) is 0 Å². The highest BCUT2D eigenvalue weighted by Crippen LogP contribution is 2.34.